The molecule has 0 bridgehead atoms. The molecule has 1 atom stereocenters. The van der Waals surface area contributed by atoms with E-state index >= 15 is 0 Å². The molecule has 3 N–H and O–H groups in total. The highest BCUT2D eigenvalue weighted by Gasteiger charge is 2.16. The van der Waals surface area contributed by atoms with Gasteiger partial charge in [-0.05, 0) is 33.6 Å². The van der Waals surface area contributed by atoms with Crippen molar-refractivity contribution in [3.63, 3.8) is 0 Å². The van der Waals surface area contributed by atoms with Crippen molar-refractivity contribution in [2.24, 2.45) is 5.73 Å². The Morgan fingerprint density at radius 1 is 1.44 bits per heavy atom. The molecular formula is C12H17BrClN3O. The average Bonchev–Trinajstić information content (AvgIpc) is 2.40. The van der Waals surface area contributed by atoms with E-state index in [9.17, 15) is 0 Å². The zero-order valence-corrected chi connectivity index (χ0v) is 12.4. The lowest BCUT2D eigenvalue weighted by atomic mass is 10.1. The molecule has 0 aliphatic carbocycles. The highest BCUT2D eigenvalue weighted by atomic mass is 79.9. The average molecular weight is 335 g/mol. The third-order valence-corrected chi connectivity index (χ3v) is 4.15. The van der Waals surface area contributed by atoms with Gasteiger partial charge in [0.15, 0.2) is 0 Å². The number of nitrogens with zero attached hydrogens (tertiary/aromatic N) is 1. The molecule has 6 heteroatoms. The van der Waals surface area contributed by atoms with E-state index in [1.54, 1.807) is 0 Å². The number of hydrogen-bond acceptors (Lipinski definition) is 4. The van der Waals surface area contributed by atoms with E-state index in [1.165, 1.54) is 0 Å². The minimum Gasteiger partial charge on any atom is -0.379 e. The normalized spacial score (nSPS) is 18.8. The van der Waals surface area contributed by atoms with E-state index in [0.29, 0.717) is 11.6 Å². The fraction of sp³-hybridized carbons (Fsp3) is 0.500. The first-order valence-electron chi connectivity index (χ1n) is 5.94. The van der Waals surface area contributed by atoms with Crippen molar-refractivity contribution in [2.75, 3.05) is 32.8 Å². The van der Waals surface area contributed by atoms with E-state index in [4.69, 9.17) is 22.1 Å². The highest BCUT2D eigenvalue weighted by molar-refractivity contribution is 9.10. The third-order valence-electron chi connectivity index (χ3n) is 2.93. The summed E-state index contributed by atoms with van der Waals surface area (Å²) in [7, 11) is 0. The molecular weight excluding hydrogens is 318 g/mol. The van der Waals surface area contributed by atoms with Crippen LogP contribution in [0.2, 0.25) is 5.02 Å². The van der Waals surface area contributed by atoms with E-state index in [2.05, 4.69) is 26.4 Å². The molecule has 1 saturated heterocycles. The molecule has 1 unspecified atom stereocenters. The van der Waals surface area contributed by atoms with Crippen molar-refractivity contribution >= 4 is 27.5 Å². The molecule has 18 heavy (non-hydrogen) atoms. The smallest absolute Gasteiger partial charge is 0.0608 e. The van der Waals surface area contributed by atoms with Crippen LogP contribution in [0.25, 0.3) is 0 Å². The number of halogens is 2. The first-order chi connectivity index (χ1) is 8.70. The maximum Gasteiger partial charge on any atom is 0.0608 e. The SMILES string of the molecule is NCC(NN1CCOCC1)c1ccc(Cl)c(Br)c1. The van der Waals surface area contributed by atoms with Gasteiger partial charge in [-0.3, -0.25) is 0 Å². The molecule has 4 nitrogen and oxygen atoms in total. The Morgan fingerprint density at radius 3 is 2.78 bits per heavy atom. The van der Waals surface area contributed by atoms with Crippen LogP contribution in [0.3, 0.4) is 0 Å². The van der Waals surface area contributed by atoms with Crippen LogP contribution in [-0.2, 0) is 4.74 Å². The number of nitrogens with two attached hydrogens (primary N) is 1. The van der Waals surface area contributed by atoms with Gasteiger partial charge in [-0.1, -0.05) is 17.7 Å². The fourth-order valence-electron chi connectivity index (χ4n) is 1.91. The van der Waals surface area contributed by atoms with Gasteiger partial charge in [0.05, 0.1) is 24.3 Å². The molecule has 1 aromatic carbocycles. The van der Waals surface area contributed by atoms with Crippen LogP contribution >= 0.6 is 27.5 Å². The quantitative estimate of drug-likeness (QED) is 0.883. The van der Waals surface area contributed by atoms with Crippen LogP contribution in [0.4, 0.5) is 0 Å². The molecule has 0 saturated carbocycles. The number of hydrogen-bond donors (Lipinski definition) is 2. The second kappa shape index (κ2) is 6.84. The van der Waals surface area contributed by atoms with Gasteiger partial charge < -0.3 is 10.5 Å². The molecule has 0 aromatic heterocycles. The van der Waals surface area contributed by atoms with Gasteiger partial charge in [0, 0.05) is 24.1 Å². The number of morpholine rings is 1. The van der Waals surface area contributed by atoms with E-state index in [0.717, 1.165) is 36.3 Å². The van der Waals surface area contributed by atoms with Crippen LogP contribution in [0.1, 0.15) is 11.6 Å². The number of benzene rings is 1. The third kappa shape index (κ3) is 3.66. The van der Waals surface area contributed by atoms with Gasteiger partial charge in [0.1, 0.15) is 0 Å². The van der Waals surface area contributed by atoms with Crippen molar-refractivity contribution in [1.29, 1.82) is 0 Å². The van der Waals surface area contributed by atoms with Gasteiger partial charge in [-0.2, -0.15) is 0 Å². The van der Waals surface area contributed by atoms with Gasteiger partial charge in [0.25, 0.3) is 0 Å². The van der Waals surface area contributed by atoms with E-state index in [-0.39, 0.29) is 6.04 Å². The van der Waals surface area contributed by atoms with Crippen molar-refractivity contribution in [3.05, 3.63) is 33.3 Å². The summed E-state index contributed by atoms with van der Waals surface area (Å²) in [6.45, 7) is 3.81. The Bertz CT molecular complexity index is 399. The molecule has 1 fully saturated rings. The molecule has 1 heterocycles. The second-order valence-corrected chi connectivity index (χ2v) is 5.45. The minimum atomic E-state index is 0.0941. The molecule has 1 aliphatic heterocycles. The predicted octanol–water partition coefficient (Wildman–Crippen LogP) is 1.94. The number of rotatable bonds is 4. The second-order valence-electron chi connectivity index (χ2n) is 4.19. The predicted molar refractivity (Wildman–Crippen MR) is 76.5 cm³/mol. The molecule has 0 amide bonds. The summed E-state index contributed by atoms with van der Waals surface area (Å²) in [4.78, 5) is 0. The summed E-state index contributed by atoms with van der Waals surface area (Å²) in [6, 6.07) is 5.98. The number of nitrogens with one attached hydrogen (secondary N) is 1. The topological polar surface area (TPSA) is 50.5 Å². The molecule has 1 aliphatic rings. The van der Waals surface area contributed by atoms with Gasteiger partial charge >= 0.3 is 0 Å². The summed E-state index contributed by atoms with van der Waals surface area (Å²) in [5.41, 5.74) is 10.4. The maximum absolute atomic E-state index is 5.99. The lowest BCUT2D eigenvalue weighted by molar-refractivity contribution is 0.00404. The van der Waals surface area contributed by atoms with Crippen molar-refractivity contribution in [3.8, 4) is 0 Å². The first kappa shape index (κ1) is 14.2. The van der Waals surface area contributed by atoms with E-state index in [1.807, 2.05) is 18.2 Å². The molecule has 0 spiro atoms. The van der Waals surface area contributed by atoms with Gasteiger partial charge in [0.2, 0.25) is 0 Å². The van der Waals surface area contributed by atoms with Crippen molar-refractivity contribution < 1.29 is 4.74 Å². The fourth-order valence-corrected chi connectivity index (χ4v) is 2.42. The molecule has 100 valence electrons. The lowest BCUT2D eigenvalue weighted by Gasteiger charge is -2.31. The molecule has 0 radical (unpaired) electrons. The zero-order valence-electron chi connectivity index (χ0n) is 10.0. The monoisotopic (exact) mass is 333 g/mol. The zero-order chi connectivity index (χ0) is 13.0. The summed E-state index contributed by atoms with van der Waals surface area (Å²) in [6.07, 6.45) is 0. The van der Waals surface area contributed by atoms with Crippen LogP contribution in [0, 0.1) is 0 Å². The lowest BCUT2D eigenvalue weighted by Crippen LogP contribution is -2.48. The summed E-state index contributed by atoms with van der Waals surface area (Å²) >= 11 is 9.43. The Labute approximate surface area is 121 Å². The summed E-state index contributed by atoms with van der Waals surface area (Å²) in [5.74, 6) is 0. The molecule has 2 rings (SSSR count). The Kier molecular flexibility index (Phi) is 5.41. The maximum atomic E-state index is 5.99. The van der Waals surface area contributed by atoms with Crippen molar-refractivity contribution in [2.45, 2.75) is 6.04 Å². The summed E-state index contributed by atoms with van der Waals surface area (Å²) in [5, 5.41) is 2.87. The largest absolute Gasteiger partial charge is 0.379 e. The number of ether oxygens (including phenoxy) is 1. The highest BCUT2D eigenvalue weighted by Crippen LogP contribution is 2.26. The Hall–Kier alpha value is -0.170. The molecule has 1 aromatic rings. The van der Waals surface area contributed by atoms with Crippen LogP contribution in [-0.4, -0.2) is 37.9 Å². The van der Waals surface area contributed by atoms with Crippen LogP contribution in [0.15, 0.2) is 22.7 Å². The standard InChI is InChI=1S/C12H17BrClN3O/c13-10-7-9(1-2-11(10)14)12(8-15)16-17-3-5-18-6-4-17/h1-2,7,12,16H,3-6,8,15H2. The van der Waals surface area contributed by atoms with Gasteiger partial charge in [-0.15, -0.1) is 0 Å². The van der Waals surface area contributed by atoms with E-state index < -0.39 is 0 Å². The Morgan fingerprint density at radius 2 is 2.17 bits per heavy atom. The minimum absolute atomic E-state index is 0.0941. The van der Waals surface area contributed by atoms with Crippen LogP contribution < -0.4 is 11.2 Å². The number of hydrazine groups is 1. The Balaban J connectivity index is 2.04. The summed E-state index contributed by atoms with van der Waals surface area (Å²) < 4.78 is 6.21. The van der Waals surface area contributed by atoms with Crippen molar-refractivity contribution in [1.82, 2.24) is 10.4 Å². The van der Waals surface area contributed by atoms with Crippen LogP contribution in [0.5, 0.6) is 0 Å². The van der Waals surface area contributed by atoms with Gasteiger partial charge in [-0.25, -0.2) is 10.4 Å². The first-order valence-corrected chi connectivity index (χ1v) is 7.11.